The number of hydrogen-bond donors (Lipinski definition) is 1. The van der Waals surface area contributed by atoms with E-state index in [-0.39, 0.29) is 16.7 Å². The molecule has 0 bridgehead atoms. The fraction of sp³-hybridized carbons (Fsp3) is 0.0500. The molecule has 4 N–H and O–H groups in total. The maximum Gasteiger partial charge on any atom is 0.181 e. The first-order chi connectivity index (χ1) is 13.4. The predicted molar refractivity (Wildman–Crippen MR) is 113 cm³/mol. The molecule has 0 atom stereocenters. The second-order valence-corrected chi connectivity index (χ2v) is 7.77. The molecule has 0 aliphatic carbocycles. The Morgan fingerprint density at radius 1 is 1.18 bits per heavy atom. The average Bonchev–Trinajstić information content (AvgIpc) is 3.02. The summed E-state index contributed by atoms with van der Waals surface area (Å²) in [4.78, 5) is 4.31. The van der Waals surface area contributed by atoms with Crippen LogP contribution in [0.2, 0.25) is 5.02 Å². The van der Waals surface area contributed by atoms with Crippen LogP contribution in [0.4, 0.5) is 15.2 Å². The molecule has 8 heteroatoms. The van der Waals surface area contributed by atoms with Crippen molar-refractivity contribution >= 4 is 44.0 Å². The van der Waals surface area contributed by atoms with E-state index in [4.69, 9.17) is 22.5 Å². The summed E-state index contributed by atoms with van der Waals surface area (Å²) >= 11 is 7.40. The Labute approximate surface area is 169 Å². The van der Waals surface area contributed by atoms with Crippen molar-refractivity contribution < 1.29 is 9.60 Å². The number of thiazole rings is 1. The normalized spacial score (nSPS) is 11.1. The van der Waals surface area contributed by atoms with Crippen molar-refractivity contribution in [2.45, 2.75) is 6.42 Å². The number of nitrogens with two attached hydrogens (primary N) is 1. The number of hydrogen-bond acceptors (Lipinski definition) is 5. The van der Waals surface area contributed by atoms with E-state index >= 15 is 4.39 Å². The predicted octanol–water partition coefficient (Wildman–Crippen LogP) is 4.87. The monoisotopic (exact) mass is 415 g/mol. The molecule has 4 aromatic rings. The highest BCUT2D eigenvalue weighted by atomic mass is 35.5. The Morgan fingerprint density at radius 3 is 2.61 bits per heavy atom. The third-order valence-corrected chi connectivity index (χ3v) is 5.46. The van der Waals surface area contributed by atoms with Crippen molar-refractivity contribution in [1.82, 2.24) is 4.98 Å². The molecule has 0 saturated heterocycles. The minimum Gasteiger partial charge on any atom is -0.694 e. The van der Waals surface area contributed by atoms with Crippen molar-refractivity contribution in [2.24, 2.45) is 0 Å². The molecule has 4 rings (SSSR count). The van der Waals surface area contributed by atoms with E-state index in [1.807, 2.05) is 0 Å². The third kappa shape index (κ3) is 3.53. The smallest absolute Gasteiger partial charge is 0.181 e. The summed E-state index contributed by atoms with van der Waals surface area (Å²) in [5, 5.41) is 19.0. The van der Waals surface area contributed by atoms with Gasteiger partial charge in [-0.1, -0.05) is 47.2 Å². The first kappa shape index (κ1) is 18.6. The van der Waals surface area contributed by atoms with Gasteiger partial charge in [0.1, 0.15) is 5.82 Å². The molecule has 3 aromatic carbocycles. The van der Waals surface area contributed by atoms with Crippen LogP contribution in [-0.2, 0) is 6.42 Å². The SMILES string of the molecule is Nc1nc2c(-c3cccc(Cl)c3)c(F)c(Cc3ccc(N([O-])[OH2+])cc3)cc2s1. The molecule has 5 nitrogen and oxygen atoms in total. The lowest BCUT2D eigenvalue weighted by Gasteiger charge is -2.16. The van der Waals surface area contributed by atoms with Gasteiger partial charge in [-0.2, -0.15) is 5.23 Å². The van der Waals surface area contributed by atoms with E-state index in [9.17, 15) is 5.21 Å². The van der Waals surface area contributed by atoms with Crippen molar-refractivity contribution in [3.8, 4) is 11.1 Å². The standard InChI is InChI=1S/C20H14ClFN3O2S/c21-14-3-1-2-12(9-14)17-18(22)13(10-16-19(17)24-20(23)28-16)8-11-4-6-15(7-5-11)25(26)27/h1-7,9-10,26H,8H2,(H2,23,24)/q-1/p+1. The van der Waals surface area contributed by atoms with Crippen LogP contribution in [0.25, 0.3) is 21.3 Å². The Balaban J connectivity index is 1.84. The van der Waals surface area contributed by atoms with E-state index < -0.39 is 0 Å². The molecule has 0 aliphatic rings. The molecule has 0 amide bonds. The van der Waals surface area contributed by atoms with E-state index in [2.05, 4.69) is 4.98 Å². The molecule has 142 valence electrons. The Morgan fingerprint density at radius 2 is 1.93 bits per heavy atom. The average molecular weight is 416 g/mol. The molecule has 0 fully saturated rings. The first-order valence-corrected chi connectivity index (χ1v) is 9.52. The van der Waals surface area contributed by atoms with Crippen LogP contribution >= 0.6 is 22.9 Å². The zero-order chi connectivity index (χ0) is 19.8. The third-order valence-electron chi connectivity index (χ3n) is 4.39. The quantitative estimate of drug-likeness (QED) is 0.380. The highest BCUT2D eigenvalue weighted by Crippen LogP contribution is 2.38. The number of rotatable bonds is 4. The van der Waals surface area contributed by atoms with Gasteiger partial charge in [0.2, 0.25) is 0 Å². The van der Waals surface area contributed by atoms with Crippen LogP contribution in [0.1, 0.15) is 11.1 Å². The largest absolute Gasteiger partial charge is 0.694 e. The van der Waals surface area contributed by atoms with E-state index in [0.717, 1.165) is 10.3 Å². The lowest BCUT2D eigenvalue weighted by Crippen LogP contribution is -2.06. The highest BCUT2D eigenvalue weighted by Gasteiger charge is 2.19. The van der Waals surface area contributed by atoms with Gasteiger partial charge < -0.3 is 16.1 Å². The Bertz CT molecular complexity index is 1160. The van der Waals surface area contributed by atoms with E-state index in [0.29, 0.717) is 38.8 Å². The highest BCUT2D eigenvalue weighted by molar-refractivity contribution is 7.22. The van der Waals surface area contributed by atoms with Gasteiger partial charge in [-0.3, -0.25) is 0 Å². The summed E-state index contributed by atoms with van der Waals surface area (Å²) in [6.07, 6.45) is 0.324. The van der Waals surface area contributed by atoms with Crippen LogP contribution in [0.3, 0.4) is 0 Å². The van der Waals surface area contributed by atoms with Gasteiger partial charge in [0, 0.05) is 17.0 Å². The van der Waals surface area contributed by atoms with Gasteiger partial charge >= 0.3 is 0 Å². The second-order valence-electron chi connectivity index (χ2n) is 6.27. The summed E-state index contributed by atoms with van der Waals surface area (Å²) in [5.74, 6) is -0.380. The molecule has 0 radical (unpaired) electrons. The topological polar surface area (TPSA) is 88.1 Å². The van der Waals surface area contributed by atoms with Crippen molar-refractivity contribution in [1.29, 1.82) is 0 Å². The Hall–Kier alpha value is -2.71. The number of nitrogen functional groups attached to an aromatic ring is 1. The summed E-state index contributed by atoms with van der Waals surface area (Å²) in [7, 11) is 0. The van der Waals surface area contributed by atoms with Crippen molar-refractivity contribution in [3.05, 3.63) is 81.8 Å². The van der Waals surface area contributed by atoms with Gasteiger partial charge in [0.05, 0.1) is 15.9 Å². The minimum atomic E-state index is -0.380. The zero-order valence-electron chi connectivity index (χ0n) is 14.4. The number of benzene rings is 3. The maximum absolute atomic E-state index is 15.5. The van der Waals surface area contributed by atoms with Gasteiger partial charge in [-0.05, 0) is 47.0 Å². The molecular formula is C20H15ClFN3O2S. The maximum atomic E-state index is 15.5. The molecule has 0 spiro atoms. The fourth-order valence-electron chi connectivity index (χ4n) is 3.12. The van der Waals surface area contributed by atoms with Crippen LogP contribution in [0.5, 0.6) is 0 Å². The molecule has 0 saturated carbocycles. The van der Waals surface area contributed by atoms with Crippen LogP contribution < -0.4 is 11.0 Å². The van der Waals surface area contributed by atoms with Gasteiger partial charge in [-0.25, -0.2) is 9.37 Å². The van der Waals surface area contributed by atoms with E-state index in [1.54, 1.807) is 42.5 Å². The summed E-state index contributed by atoms with van der Waals surface area (Å²) in [5.41, 5.74) is 8.91. The van der Waals surface area contributed by atoms with Gasteiger partial charge in [0.25, 0.3) is 0 Å². The number of halogens is 2. The molecule has 0 aliphatic heterocycles. The molecule has 0 unspecified atom stereocenters. The lowest BCUT2D eigenvalue weighted by atomic mass is 9.97. The molecular weight excluding hydrogens is 401 g/mol. The molecule has 28 heavy (non-hydrogen) atoms. The number of anilines is 2. The van der Waals surface area contributed by atoms with Crippen LogP contribution in [0, 0.1) is 11.0 Å². The lowest BCUT2D eigenvalue weighted by molar-refractivity contribution is 0.296. The molecule has 1 heterocycles. The second kappa shape index (κ2) is 7.37. The summed E-state index contributed by atoms with van der Waals surface area (Å²) in [6.45, 7) is 0. The summed E-state index contributed by atoms with van der Waals surface area (Å²) in [6, 6.07) is 15.2. The van der Waals surface area contributed by atoms with Crippen LogP contribution in [-0.4, -0.2) is 10.2 Å². The van der Waals surface area contributed by atoms with Crippen molar-refractivity contribution in [3.63, 3.8) is 0 Å². The van der Waals surface area contributed by atoms with Crippen LogP contribution in [0.15, 0.2) is 54.6 Å². The molecule has 1 aromatic heterocycles. The number of nitrogens with zero attached hydrogens (tertiary/aromatic N) is 2. The van der Waals surface area contributed by atoms with E-state index in [1.165, 1.54) is 23.5 Å². The minimum absolute atomic E-state index is 0.0355. The number of fused-ring (bicyclic) bond motifs is 1. The van der Waals surface area contributed by atoms with Gasteiger partial charge in [0.15, 0.2) is 5.13 Å². The Kier molecular flexibility index (Phi) is 4.91. The fourth-order valence-corrected chi connectivity index (χ4v) is 4.12. The van der Waals surface area contributed by atoms with Crippen molar-refractivity contribution in [2.75, 3.05) is 11.0 Å². The summed E-state index contributed by atoms with van der Waals surface area (Å²) < 4.78 is 16.3. The number of aromatic nitrogens is 1. The van der Waals surface area contributed by atoms with Gasteiger partial charge in [-0.15, -0.1) is 0 Å². The first-order valence-electron chi connectivity index (χ1n) is 8.33. The zero-order valence-corrected chi connectivity index (χ0v) is 16.0.